The summed E-state index contributed by atoms with van der Waals surface area (Å²) in [7, 11) is -3.77. The van der Waals surface area contributed by atoms with Gasteiger partial charge in [0.1, 0.15) is 11.3 Å². The number of carbonyl (C=O) groups excluding carboxylic acids is 1. The summed E-state index contributed by atoms with van der Waals surface area (Å²) in [5.74, 6) is -0.141. The molecule has 0 spiro atoms. The number of benzene rings is 3. The van der Waals surface area contributed by atoms with E-state index in [1.54, 1.807) is 18.2 Å². The Morgan fingerprint density at radius 1 is 1.00 bits per heavy atom. The van der Waals surface area contributed by atoms with Gasteiger partial charge < -0.3 is 9.73 Å². The first-order chi connectivity index (χ1) is 17.8. The van der Waals surface area contributed by atoms with Crippen molar-refractivity contribution in [3.63, 3.8) is 0 Å². The van der Waals surface area contributed by atoms with Crippen LogP contribution in [0.15, 0.2) is 82.1 Å². The number of rotatable bonds is 7. The average molecular weight is 522 g/mol. The largest absolute Gasteiger partial charge is 0.436 e. The van der Waals surface area contributed by atoms with Gasteiger partial charge in [0.05, 0.1) is 10.9 Å². The van der Waals surface area contributed by atoms with Crippen LogP contribution in [-0.2, 0) is 14.8 Å². The standard InChI is InChI=1S/C28H28FN3O4S/c1-18(19-7-11-22(29)12-8-19)30-27(33)20-9-13-23(14-10-20)32-37(34,35)24-15-16-25-26(17-24)36-28(31-25)21-5-3-2-4-6-21/h2-8,11-12,15-18,20,23,32H,9-10,13-14H2,1H3,(H,30,33)/t18-,20?,23?/m1/s1. The van der Waals surface area contributed by atoms with E-state index in [2.05, 4.69) is 15.0 Å². The van der Waals surface area contributed by atoms with Gasteiger partial charge in [0, 0.05) is 23.6 Å². The number of carbonyl (C=O) groups is 1. The highest BCUT2D eigenvalue weighted by Crippen LogP contribution is 2.29. The van der Waals surface area contributed by atoms with Crippen LogP contribution in [0, 0.1) is 11.7 Å². The second-order valence-electron chi connectivity index (χ2n) is 9.47. The highest BCUT2D eigenvalue weighted by Gasteiger charge is 2.30. The molecule has 1 aliphatic rings. The number of amides is 1. The molecule has 9 heteroatoms. The summed E-state index contributed by atoms with van der Waals surface area (Å²) < 4.78 is 47.9. The maximum atomic E-state index is 13.2. The molecular formula is C28H28FN3O4S. The maximum absolute atomic E-state index is 13.2. The minimum absolute atomic E-state index is 0.0666. The first kappa shape index (κ1) is 25.1. The van der Waals surface area contributed by atoms with Crippen molar-refractivity contribution in [3.8, 4) is 11.5 Å². The van der Waals surface area contributed by atoms with Gasteiger partial charge in [-0.2, -0.15) is 0 Å². The van der Waals surface area contributed by atoms with Crippen molar-refractivity contribution in [1.29, 1.82) is 0 Å². The number of sulfonamides is 1. The molecule has 7 nitrogen and oxygen atoms in total. The van der Waals surface area contributed by atoms with E-state index in [0.29, 0.717) is 42.7 Å². The molecule has 3 aromatic carbocycles. The zero-order valence-electron chi connectivity index (χ0n) is 20.4. The number of nitrogens with one attached hydrogen (secondary N) is 2. The summed E-state index contributed by atoms with van der Waals surface area (Å²) >= 11 is 0. The van der Waals surface area contributed by atoms with Crippen molar-refractivity contribution in [1.82, 2.24) is 15.0 Å². The Hall–Kier alpha value is -3.56. The Kier molecular flexibility index (Phi) is 7.08. The summed E-state index contributed by atoms with van der Waals surface area (Å²) in [6, 6.07) is 19.7. The van der Waals surface area contributed by atoms with Crippen LogP contribution in [0.4, 0.5) is 4.39 Å². The number of hydrogen-bond donors (Lipinski definition) is 2. The maximum Gasteiger partial charge on any atom is 0.240 e. The molecule has 4 aromatic rings. The van der Waals surface area contributed by atoms with E-state index in [1.165, 1.54) is 24.3 Å². The predicted molar refractivity (Wildman–Crippen MR) is 138 cm³/mol. The van der Waals surface area contributed by atoms with E-state index >= 15 is 0 Å². The molecule has 0 unspecified atom stereocenters. The van der Waals surface area contributed by atoms with Crippen LogP contribution in [0.5, 0.6) is 0 Å². The fraction of sp³-hybridized carbons (Fsp3) is 0.286. The lowest BCUT2D eigenvalue weighted by Crippen LogP contribution is -2.41. The van der Waals surface area contributed by atoms with E-state index in [9.17, 15) is 17.6 Å². The Morgan fingerprint density at radius 3 is 2.41 bits per heavy atom. The SMILES string of the molecule is C[C@@H](NC(=O)C1CCC(NS(=O)(=O)c2ccc3nc(-c4ccccc4)oc3c2)CC1)c1ccc(F)cc1. The number of oxazole rings is 1. The average Bonchev–Trinajstić information content (AvgIpc) is 3.33. The second kappa shape index (κ2) is 10.4. The number of aromatic nitrogens is 1. The van der Waals surface area contributed by atoms with Crippen molar-refractivity contribution in [3.05, 3.63) is 84.2 Å². The summed E-state index contributed by atoms with van der Waals surface area (Å²) in [6.07, 6.45) is 2.28. The van der Waals surface area contributed by atoms with Crippen LogP contribution in [0.1, 0.15) is 44.2 Å². The van der Waals surface area contributed by atoms with Gasteiger partial charge >= 0.3 is 0 Å². The summed E-state index contributed by atoms with van der Waals surface area (Å²) in [5, 5.41) is 2.99. The van der Waals surface area contributed by atoms with E-state index < -0.39 is 10.0 Å². The van der Waals surface area contributed by atoms with Crippen LogP contribution in [0.25, 0.3) is 22.6 Å². The molecule has 0 bridgehead atoms. The lowest BCUT2D eigenvalue weighted by Gasteiger charge is -2.29. The molecule has 0 radical (unpaired) electrons. The Bertz CT molecular complexity index is 1500. The third-order valence-electron chi connectivity index (χ3n) is 6.84. The minimum atomic E-state index is -3.77. The molecule has 37 heavy (non-hydrogen) atoms. The summed E-state index contributed by atoms with van der Waals surface area (Å²) in [4.78, 5) is 17.3. The number of fused-ring (bicyclic) bond motifs is 1. The molecule has 0 saturated heterocycles. The minimum Gasteiger partial charge on any atom is -0.436 e. The molecule has 1 fully saturated rings. The fourth-order valence-electron chi connectivity index (χ4n) is 4.70. The normalized spacial score (nSPS) is 19.0. The van der Waals surface area contributed by atoms with Gasteiger partial charge in [-0.1, -0.05) is 30.3 Å². The van der Waals surface area contributed by atoms with Crippen molar-refractivity contribution < 1.29 is 22.0 Å². The molecule has 192 valence electrons. The van der Waals surface area contributed by atoms with E-state index in [1.807, 2.05) is 37.3 Å². The Morgan fingerprint density at radius 2 is 1.70 bits per heavy atom. The van der Waals surface area contributed by atoms with Gasteiger partial charge in [0.25, 0.3) is 0 Å². The van der Waals surface area contributed by atoms with Crippen LogP contribution < -0.4 is 10.0 Å². The van der Waals surface area contributed by atoms with E-state index in [-0.39, 0.29) is 34.6 Å². The van der Waals surface area contributed by atoms with Gasteiger partial charge in [-0.3, -0.25) is 4.79 Å². The quantitative estimate of drug-likeness (QED) is 0.342. The third kappa shape index (κ3) is 5.73. The Labute approximate surface area is 215 Å². The van der Waals surface area contributed by atoms with Crippen LogP contribution >= 0.6 is 0 Å². The van der Waals surface area contributed by atoms with Gasteiger partial charge in [0.2, 0.25) is 21.8 Å². The van der Waals surface area contributed by atoms with Gasteiger partial charge in [0.15, 0.2) is 5.58 Å². The van der Waals surface area contributed by atoms with Gasteiger partial charge in [-0.25, -0.2) is 22.5 Å². The van der Waals surface area contributed by atoms with Crippen molar-refractivity contribution in [2.24, 2.45) is 5.92 Å². The lowest BCUT2D eigenvalue weighted by atomic mass is 9.85. The molecule has 1 heterocycles. The highest BCUT2D eigenvalue weighted by molar-refractivity contribution is 7.89. The van der Waals surface area contributed by atoms with Gasteiger partial charge in [-0.05, 0) is 74.6 Å². The molecule has 1 saturated carbocycles. The zero-order chi connectivity index (χ0) is 26.0. The highest BCUT2D eigenvalue weighted by atomic mass is 32.2. The Balaban J connectivity index is 1.19. The molecule has 0 aliphatic heterocycles. The molecule has 1 amide bonds. The molecule has 5 rings (SSSR count). The van der Waals surface area contributed by atoms with Crippen LogP contribution in [0.3, 0.4) is 0 Å². The van der Waals surface area contributed by atoms with Crippen molar-refractivity contribution >= 4 is 27.0 Å². The molecule has 1 aliphatic carbocycles. The molecular weight excluding hydrogens is 493 g/mol. The van der Waals surface area contributed by atoms with Crippen LogP contribution in [0.2, 0.25) is 0 Å². The second-order valence-corrected chi connectivity index (χ2v) is 11.2. The zero-order valence-corrected chi connectivity index (χ0v) is 21.2. The number of hydrogen-bond acceptors (Lipinski definition) is 5. The third-order valence-corrected chi connectivity index (χ3v) is 8.36. The summed E-state index contributed by atoms with van der Waals surface area (Å²) in [6.45, 7) is 1.86. The first-order valence-electron chi connectivity index (χ1n) is 12.3. The predicted octanol–water partition coefficient (Wildman–Crippen LogP) is 5.35. The number of halogens is 1. The first-order valence-corrected chi connectivity index (χ1v) is 13.8. The molecule has 2 N–H and O–H groups in total. The lowest BCUT2D eigenvalue weighted by molar-refractivity contribution is -0.126. The van der Waals surface area contributed by atoms with Crippen molar-refractivity contribution in [2.75, 3.05) is 0 Å². The molecule has 1 aromatic heterocycles. The number of nitrogens with zero attached hydrogens (tertiary/aromatic N) is 1. The van der Waals surface area contributed by atoms with E-state index in [4.69, 9.17) is 4.42 Å². The van der Waals surface area contributed by atoms with Crippen molar-refractivity contribution in [2.45, 2.75) is 49.6 Å². The van der Waals surface area contributed by atoms with E-state index in [0.717, 1.165) is 11.1 Å². The fourth-order valence-corrected chi connectivity index (χ4v) is 6.02. The summed E-state index contributed by atoms with van der Waals surface area (Å²) in [5.41, 5.74) is 2.63. The smallest absolute Gasteiger partial charge is 0.240 e. The topological polar surface area (TPSA) is 101 Å². The monoisotopic (exact) mass is 521 g/mol. The van der Waals surface area contributed by atoms with Crippen LogP contribution in [-0.4, -0.2) is 25.4 Å². The molecule has 1 atom stereocenters. The van der Waals surface area contributed by atoms with Gasteiger partial charge in [-0.15, -0.1) is 0 Å².